The summed E-state index contributed by atoms with van der Waals surface area (Å²) in [5.74, 6) is -3.49. The first-order valence-corrected chi connectivity index (χ1v) is 4.59. The summed E-state index contributed by atoms with van der Waals surface area (Å²) in [6, 6.07) is 0. The Balaban J connectivity index is 3.15. The third-order valence-electron chi connectivity index (χ3n) is 1.03. The lowest BCUT2D eigenvalue weighted by atomic mass is 11.0. The van der Waals surface area contributed by atoms with Crippen LogP contribution < -0.4 is 0 Å². The molecular formula is C4H3ClF2N2O2S. The molecule has 0 atom stereocenters. The van der Waals surface area contributed by atoms with Gasteiger partial charge in [0.1, 0.15) is 5.15 Å². The number of imidazole rings is 1. The molecule has 0 bridgehead atoms. The van der Waals surface area contributed by atoms with Gasteiger partial charge in [-0.25, -0.2) is 13.4 Å². The number of nitrogens with one attached hydrogen (secondary N) is 1. The number of alkyl halides is 2. The van der Waals surface area contributed by atoms with Crippen molar-refractivity contribution in [3.8, 4) is 0 Å². The maximum Gasteiger partial charge on any atom is 0.344 e. The van der Waals surface area contributed by atoms with E-state index >= 15 is 0 Å². The largest absolute Gasteiger partial charge is 0.344 e. The van der Waals surface area contributed by atoms with Crippen LogP contribution in [0.15, 0.2) is 11.4 Å². The summed E-state index contributed by atoms with van der Waals surface area (Å²) in [4.78, 5) is 5.14. The third-order valence-corrected chi connectivity index (χ3v) is 2.43. The van der Waals surface area contributed by atoms with Crippen molar-refractivity contribution in [3.05, 3.63) is 11.3 Å². The van der Waals surface area contributed by atoms with E-state index in [0.717, 1.165) is 6.20 Å². The fourth-order valence-corrected chi connectivity index (χ4v) is 1.33. The van der Waals surface area contributed by atoms with Crippen molar-refractivity contribution in [1.82, 2.24) is 9.97 Å². The van der Waals surface area contributed by atoms with Gasteiger partial charge in [-0.3, -0.25) is 0 Å². The number of aromatic nitrogens is 2. The second kappa shape index (κ2) is 2.98. The molecule has 0 amide bonds. The molecule has 0 saturated carbocycles. The molecule has 1 rings (SSSR count). The number of halogens is 3. The molecule has 0 unspecified atom stereocenters. The molecule has 1 aromatic heterocycles. The molecule has 1 heterocycles. The molecule has 0 fully saturated rings. The number of sulfone groups is 1. The first kappa shape index (κ1) is 9.40. The molecule has 0 aliphatic carbocycles. The number of nitrogens with zero attached hydrogens (tertiary/aromatic N) is 1. The average Bonchev–Trinajstić information content (AvgIpc) is 2.35. The molecule has 0 radical (unpaired) electrons. The Bertz CT molecular complexity index is 374. The summed E-state index contributed by atoms with van der Waals surface area (Å²) in [7, 11) is -4.64. The van der Waals surface area contributed by atoms with Crippen molar-refractivity contribution >= 4 is 21.4 Å². The van der Waals surface area contributed by atoms with Crippen LogP contribution >= 0.6 is 11.6 Å². The van der Waals surface area contributed by atoms with Crippen LogP contribution in [-0.4, -0.2) is 24.1 Å². The van der Waals surface area contributed by atoms with E-state index in [2.05, 4.69) is 4.98 Å². The predicted molar refractivity (Wildman–Crippen MR) is 36.8 cm³/mol. The molecule has 12 heavy (non-hydrogen) atoms. The van der Waals surface area contributed by atoms with Crippen LogP contribution in [0.5, 0.6) is 0 Å². The van der Waals surface area contributed by atoms with E-state index in [-0.39, 0.29) is 5.15 Å². The monoisotopic (exact) mass is 216 g/mol. The van der Waals surface area contributed by atoms with Gasteiger partial charge in [-0.05, 0) is 0 Å². The van der Waals surface area contributed by atoms with Crippen molar-refractivity contribution < 1.29 is 17.2 Å². The van der Waals surface area contributed by atoms with Crippen LogP contribution in [0.1, 0.15) is 0 Å². The second-order valence-corrected chi connectivity index (χ2v) is 4.08. The Hall–Kier alpha value is -0.690. The maximum atomic E-state index is 11.8. The highest BCUT2D eigenvalue weighted by molar-refractivity contribution is 7.91. The fourth-order valence-electron chi connectivity index (χ4n) is 0.511. The third kappa shape index (κ3) is 1.56. The van der Waals surface area contributed by atoms with Crippen molar-refractivity contribution in [1.29, 1.82) is 0 Å². The predicted octanol–water partition coefficient (Wildman–Crippen LogP) is 1.06. The van der Waals surface area contributed by atoms with Crippen molar-refractivity contribution in [3.63, 3.8) is 0 Å². The second-order valence-electron chi connectivity index (χ2n) is 1.84. The molecule has 1 N–H and O–H groups in total. The minimum Gasteiger partial charge on any atom is -0.320 e. The highest BCUT2D eigenvalue weighted by Gasteiger charge is 2.29. The molecular weight excluding hydrogens is 214 g/mol. The van der Waals surface area contributed by atoms with Gasteiger partial charge in [0.2, 0.25) is 5.16 Å². The van der Waals surface area contributed by atoms with E-state index in [9.17, 15) is 17.2 Å². The maximum absolute atomic E-state index is 11.8. The lowest BCUT2D eigenvalue weighted by Crippen LogP contribution is -2.12. The van der Waals surface area contributed by atoms with Gasteiger partial charge in [0.05, 0.1) is 6.20 Å². The van der Waals surface area contributed by atoms with Crippen molar-refractivity contribution in [2.24, 2.45) is 0 Å². The number of aromatic amines is 1. The lowest BCUT2D eigenvalue weighted by molar-refractivity contribution is 0.234. The van der Waals surface area contributed by atoms with Crippen molar-refractivity contribution in [2.75, 3.05) is 0 Å². The zero-order valence-electron chi connectivity index (χ0n) is 5.46. The van der Waals surface area contributed by atoms with Crippen LogP contribution in [-0.2, 0) is 9.84 Å². The zero-order chi connectivity index (χ0) is 9.35. The Labute approximate surface area is 71.5 Å². The van der Waals surface area contributed by atoms with Gasteiger partial charge in [0.15, 0.2) is 0 Å². The summed E-state index contributed by atoms with van der Waals surface area (Å²) >= 11 is 5.24. The summed E-state index contributed by atoms with van der Waals surface area (Å²) in [6.07, 6.45) is 0.941. The summed E-state index contributed by atoms with van der Waals surface area (Å²) in [5, 5.41) is -0.920. The SMILES string of the molecule is O=S(=O)(c1ncc(Cl)[nH]1)C(F)F. The Morgan fingerprint density at radius 1 is 1.58 bits per heavy atom. The standard InChI is InChI=1S/C4H3ClF2N2O2S/c5-2-1-8-4(9-2)12(10,11)3(6)7/h1,3H,(H,8,9). The number of hydrogen-bond donors (Lipinski definition) is 1. The van der Waals surface area contributed by atoms with E-state index in [0.29, 0.717) is 0 Å². The van der Waals surface area contributed by atoms with Gasteiger partial charge in [-0.2, -0.15) is 8.78 Å². The highest BCUT2D eigenvalue weighted by Crippen LogP contribution is 2.16. The molecule has 0 aromatic carbocycles. The topological polar surface area (TPSA) is 62.8 Å². The van der Waals surface area contributed by atoms with Gasteiger partial charge in [-0.1, -0.05) is 11.6 Å². The van der Waals surface area contributed by atoms with Gasteiger partial charge >= 0.3 is 5.76 Å². The van der Waals surface area contributed by atoms with Gasteiger partial charge in [0.25, 0.3) is 9.84 Å². The summed E-state index contributed by atoms with van der Waals surface area (Å²) < 4.78 is 44.9. The minimum absolute atomic E-state index is 0.103. The molecule has 0 spiro atoms. The molecule has 8 heteroatoms. The number of hydrogen-bond acceptors (Lipinski definition) is 3. The van der Waals surface area contributed by atoms with Gasteiger partial charge < -0.3 is 4.98 Å². The number of rotatable bonds is 2. The van der Waals surface area contributed by atoms with Crippen LogP contribution in [0.25, 0.3) is 0 Å². The summed E-state index contributed by atoms with van der Waals surface area (Å²) in [6.45, 7) is 0. The zero-order valence-corrected chi connectivity index (χ0v) is 7.03. The van der Waals surface area contributed by atoms with E-state index in [1.807, 2.05) is 4.98 Å². The quantitative estimate of drug-likeness (QED) is 0.804. The van der Waals surface area contributed by atoms with E-state index in [4.69, 9.17) is 11.6 Å². The van der Waals surface area contributed by atoms with Crippen LogP contribution in [0.2, 0.25) is 5.15 Å². The molecule has 0 aliphatic heterocycles. The van der Waals surface area contributed by atoms with Crippen molar-refractivity contribution in [2.45, 2.75) is 10.9 Å². The lowest BCUT2D eigenvalue weighted by Gasteiger charge is -1.96. The smallest absolute Gasteiger partial charge is 0.320 e. The Morgan fingerprint density at radius 3 is 2.50 bits per heavy atom. The van der Waals surface area contributed by atoms with E-state index in [1.165, 1.54) is 0 Å². The van der Waals surface area contributed by atoms with Crippen LogP contribution in [0.4, 0.5) is 8.78 Å². The molecule has 1 aromatic rings. The van der Waals surface area contributed by atoms with Gasteiger partial charge in [0, 0.05) is 0 Å². The normalized spacial score (nSPS) is 12.3. The Kier molecular flexibility index (Phi) is 2.34. The van der Waals surface area contributed by atoms with Crippen LogP contribution in [0.3, 0.4) is 0 Å². The van der Waals surface area contributed by atoms with E-state index < -0.39 is 20.8 Å². The first-order valence-electron chi connectivity index (χ1n) is 2.67. The van der Waals surface area contributed by atoms with Crippen LogP contribution in [0, 0.1) is 0 Å². The highest BCUT2D eigenvalue weighted by atomic mass is 35.5. The average molecular weight is 217 g/mol. The molecule has 68 valence electrons. The Morgan fingerprint density at radius 2 is 2.17 bits per heavy atom. The fraction of sp³-hybridized carbons (Fsp3) is 0.250. The van der Waals surface area contributed by atoms with Gasteiger partial charge in [-0.15, -0.1) is 0 Å². The minimum atomic E-state index is -4.64. The number of H-pyrrole nitrogens is 1. The molecule has 0 saturated heterocycles. The molecule has 4 nitrogen and oxygen atoms in total. The molecule has 0 aliphatic rings. The summed E-state index contributed by atoms with van der Waals surface area (Å²) in [5.41, 5.74) is 0. The first-order chi connectivity index (χ1) is 5.44. The van der Waals surface area contributed by atoms with E-state index in [1.54, 1.807) is 0 Å².